The van der Waals surface area contributed by atoms with Crippen LogP contribution in [0, 0.1) is 3.57 Å². The average Bonchev–Trinajstić information content (AvgIpc) is 3.45. The Morgan fingerprint density at radius 2 is 1.78 bits per heavy atom. The summed E-state index contributed by atoms with van der Waals surface area (Å²) in [5.74, 6) is 0.716. The smallest absolute Gasteiger partial charge is 0.325 e. The lowest BCUT2D eigenvalue weighted by Gasteiger charge is -2.29. The third-order valence-corrected chi connectivity index (χ3v) is 7.23. The Balaban J connectivity index is 1.48. The number of aromatic nitrogens is 2. The molecule has 0 aliphatic carbocycles. The van der Waals surface area contributed by atoms with Crippen molar-refractivity contribution in [3.05, 3.63) is 93.3 Å². The van der Waals surface area contributed by atoms with E-state index in [1.807, 2.05) is 55.5 Å². The maximum absolute atomic E-state index is 13.8. The topological polar surface area (TPSA) is 96.6 Å². The van der Waals surface area contributed by atoms with E-state index in [1.54, 1.807) is 31.4 Å². The summed E-state index contributed by atoms with van der Waals surface area (Å²) in [7, 11) is 1.62. The van der Waals surface area contributed by atoms with E-state index < -0.39 is 18.1 Å². The zero-order valence-electron chi connectivity index (χ0n) is 20.5. The van der Waals surface area contributed by atoms with Crippen molar-refractivity contribution in [1.29, 1.82) is 0 Å². The molecule has 2 N–H and O–H groups in total. The summed E-state index contributed by atoms with van der Waals surface area (Å²) in [5.41, 5.74) is 3.34. The molecule has 4 aromatic rings. The molecule has 1 aliphatic heterocycles. The molecular weight excluding hydrogens is 583 g/mol. The zero-order chi connectivity index (χ0) is 25.9. The van der Waals surface area contributed by atoms with Crippen molar-refractivity contribution in [2.75, 3.05) is 20.3 Å². The van der Waals surface area contributed by atoms with Crippen molar-refractivity contribution in [1.82, 2.24) is 20.2 Å². The zero-order valence-corrected chi connectivity index (χ0v) is 22.6. The largest absolute Gasteiger partial charge is 0.491 e. The third kappa shape index (κ3) is 5.19. The number of fused-ring (bicyclic) bond motifs is 1. The molecule has 0 saturated carbocycles. The monoisotopic (exact) mass is 610 g/mol. The second kappa shape index (κ2) is 10.9. The molecule has 37 heavy (non-hydrogen) atoms. The van der Waals surface area contributed by atoms with Crippen LogP contribution in [0.1, 0.15) is 41.9 Å². The van der Waals surface area contributed by atoms with Crippen LogP contribution in [0.4, 0.5) is 4.79 Å². The molecule has 0 spiro atoms. The van der Waals surface area contributed by atoms with E-state index >= 15 is 0 Å². The summed E-state index contributed by atoms with van der Waals surface area (Å²) in [4.78, 5) is 36.6. The minimum absolute atomic E-state index is 0.203. The molecule has 1 aromatic heterocycles. The Morgan fingerprint density at radius 3 is 2.51 bits per heavy atom. The molecule has 9 heteroatoms. The van der Waals surface area contributed by atoms with Gasteiger partial charge in [0.25, 0.3) is 5.91 Å². The normalized spacial score (nSPS) is 17.2. The van der Waals surface area contributed by atoms with Gasteiger partial charge in [-0.2, -0.15) is 0 Å². The van der Waals surface area contributed by atoms with Gasteiger partial charge in [-0.05, 0) is 64.0 Å². The molecule has 0 bridgehead atoms. The highest BCUT2D eigenvalue weighted by Gasteiger charge is 2.46. The SMILES string of the molecule is COCCOc1ccc([C@H]2NC(=O)N([C@H](c3nc4ccc(I)cc4[nH]3)[C@H](C)c3ccccc3)C2=O)cc1. The van der Waals surface area contributed by atoms with Crippen LogP contribution >= 0.6 is 22.6 Å². The lowest BCUT2D eigenvalue weighted by Crippen LogP contribution is -2.38. The number of rotatable bonds is 9. The molecular formula is C28H27IN4O4. The number of hydrogen-bond donors (Lipinski definition) is 2. The summed E-state index contributed by atoms with van der Waals surface area (Å²) < 4.78 is 11.7. The first-order chi connectivity index (χ1) is 18.0. The molecule has 3 aromatic carbocycles. The van der Waals surface area contributed by atoms with E-state index in [-0.39, 0.29) is 11.8 Å². The van der Waals surface area contributed by atoms with Crippen LogP contribution in [0.2, 0.25) is 0 Å². The first-order valence-electron chi connectivity index (χ1n) is 12.0. The van der Waals surface area contributed by atoms with Crippen molar-refractivity contribution in [3.8, 4) is 5.75 Å². The predicted molar refractivity (Wildman–Crippen MR) is 148 cm³/mol. The molecule has 1 saturated heterocycles. The number of imide groups is 1. The van der Waals surface area contributed by atoms with Crippen LogP contribution in [0.15, 0.2) is 72.8 Å². The number of urea groups is 1. The maximum atomic E-state index is 13.8. The molecule has 0 radical (unpaired) electrons. The maximum Gasteiger partial charge on any atom is 0.325 e. The van der Waals surface area contributed by atoms with E-state index in [0.717, 1.165) is 20.2 Å². The van der Waals surface area contributed by atoms with E-state index in [0.29, 0.717) is 30.4 Å². The van der Waals surface area contributed by atoms with E-state index in [9.17, 15) is 9.59 Å². The van der Waals surface area contributed by atoms with Gasteiger partial charge in [-0.1, -0.05) is 49.4 Å². The van der Waals surface area contributed by atoms with E-state index in [4.69, 9.17) is 14.5 Å². The van der Waals surface area contributed by atoms with Crippen LogP contribution < -0.4 is 10.1 Å². The molecule has 190 valence electrons. The fourth-order valence-corrected chi connectivity index (χ4v) is 5.14. The van der Waals surface area contributed by atoms with E-state index in [2.05, 4.69) is 32.9 Å². The number of amides is 3. The van der Waals surface area contributed by atoms with Gasteiger partial charge in [0.2, 0.25) is 0 Å². The molecule has 3 atom stereocenters. The Bertz CT molecular complexity index is 1410. The number of ether oxygens (including phenoxy) is 2. The van der Waals surface area contributed by atoms with Gasteiger partial charge in [-0.25, -0.2) is 9.78 Å². The number of methoxy groups -OCH3 is 1. The molecule has 5 rings (SSSR count). The van der Waals surface area contributed by atoms with Gasteiger partial charge in [0.15, 0.2) is 0 Å². The van der Waals surface area contributed by atoms with Gasteiger partial charge in [0.1, 0.15) is 30.3 Å². The Morgan fingerprint density at radius 1 is 1.03 bits per heavy atom. The highest BCUT2D eigenvalue weighted by atomic mass is 127. The van der Waals surface area contributed by atoms with Crippen LogP contribution in [0.3, 0.4) is 0 Å². The first-order valence-corrected chi connectivity index (χ1v) is 13.1. The Hall–Kier alpha value is -3.44. The van der Waals surface area contributed by atoms with Crippen molar-refractivity contribution in [3.63, 3.8) is 0 Å². The van der Waals surface area contributed by atoms with Gasteiger partial charge in [0.05, 0.1) is 17.6 Å². The third-order valence-electron chi connectivity index (χ3n) is 6.56. The number of imidazole rings is 1. The predicted octanol–water partition coefficient (Wildman–Crippen LogP) is 5.33. The number of hydrogen-bond acceptors (Lipinski definition) is 5. The lowest BCUT2D eigenvalue weighted by molar-refractivity contribution is -0.129. The summed E-state index contributed by atoms with van der Waals surface area (Å²) in [6.45, 7) is 2.92. The molecule has 8 nitrogen and oxygen atoms in total. The highest BCUT2D eigenvalue weighted by molar-refractivity contribution is 14.1. The van der Waals surface area contributed by atoms with Crippen molar-refractivity contribution >= 4 is 45.6 Å². The van der Waals surface area contributed by atoms with Gasteiger partial charge in [0, 0.05) is 16.6 Å². The fraction of sp³-hybridized carbons (Fsp3) is 0.250. The summed E-state index contributed by atoms with van der Waals surface area (Å²) >= 11 is 2.25. The summed E-state index contributed by atoms with van der Waals surface area (Å²) in [6.07, 6.45) is 0. The second-order valence-corrected chi connectivity index (χ2v) is 10.2. The molecule has 2 heterocycles. The minimum atomic E-state index is -0.795. The van der Waals surface area contributed by atoms with Gasteiger partial charge < -0.3 is 19.8 Å². The number of nitrogens with zero attached hydrogens (tertiary/aromatic N) is 2. The summed E-state index contributed by atoms with van der Waals surface area (Å²) in [6, 6.07) is 21.1. The standard InChI is InChI=1S/C28H27IN4O4/c1-17(18-6-4-3-5-7-18)25(26-30-22-13-10-20(29)16-23(22)31-26)33-27(34)24(32-28(33)35)19-8-11-21(12-9-19)37-15-14-36-2/h3-13,16-17,24-25H,14-15H2,1-2H3,(H,30,31)(H,32,35)/t17-,24-,25+/m1/s1. The molecule has 1 aliphatic rings. The van der Waals surface area contributed by atoms with Crippen LogP contribution in [-0.4, -0.2) is 47.1 Å². The number of carbonyl (C=O) groups is 2. The number of halogens is 1. The number of H-pyrrole nitrogens is 1. The van der Waals surface area contributed by atoms with Crippen LogP contribution in [0.25, 0.3) is 11.0 Å². The lowest BCUT2D eigenvalue weighted by atomic mass is 9.91. The van der Waals surface area contributed by atoms with Crippen LogP contribution in [-0.2, 0) is 9.53 Å². The number of nitrogens with one attached hydrogen (secondary N) is 2. The molecule has 1 fully saturated rings. The van der Waals surface area contributed by atoms with Crippen LogP contribution in [0.5, 0.6) is 5.75 Å². The van der Waals surface area contributed by atoms with Gasteiger partial charge in [-0.3, -0.25) is 9.69 Å². The molecule has 0 unspecified atom stereocenters. The van der Waals surface area contributed by atoms with Crippen molar-refractivity contribution in [2.24, 2.45) is 0 Å². The number of carbonyl (C=O) groups excluding carboxylic acids is 2. The van der Waals surface area contributed by atoms with E-state index in [1.165, 1.54) is 4.90 Å². The van der Waals surface area contributed by atoms with Gasteiger partial charge >= 0.3 is 6.03 Å². The Kier molecular flexibility index (Phi) is 7.43. The highest BCUT2D eigenvalue weighted by Crippen LogP contribution is 2.39. The molecule has 3 amide bonds. The van der Waals surface area contributed by atoms with Crippen molar-refractivity contribution < 1.29 is 19.1 Å². The quantitative estimate of drug-likeness (QED) is 0.152. The second-order valence-electron chi connectivity index (χ2n) is 8.93. The summed E-state index contributed by atoms with van der Waals surface area (Å²) in [5, 5.41) is 2.88. The number of benzene rings is 3. The number of aromatic amines is 1. The Labute approximate surface area is 228 Å². The fourth-order valence-electron chi connectivity index (χ4n) is 4.65. The first kappa shape index (κ1) is 25.2. The average molecular weight is 610 g/mol. The minimum Gasteiger partial charge on any atom is -0.491 e. The van der Waals surface area contributed by atoms with Crippen molar-refractivity contribution in [2.45, 2.75) is 24.9 Å². The van der Waals surface area contributed by atoms with Gasteiger partial charge in [-0.15, -0.1) is 0 Å².